The van der Waals surface area contributed by atoms with Gasteiger partial charge in [0.2, 0.25) is 0 Å². The van der Waals surface area contributed by atoms with Crippen molar-refractivity contribution >= 4 is 21.8 Å². The second-order valence-corrected chi connectivity index (χ2v) is 14.7. The van der Waals surface area contributed by atoms with Crippen LogP contribution in [-0.4, -0.2) is 24.5 Å². The van der Waals surface area contributed by atoms with E-state index < -0.39 is 11.7 Å². The Hall–Kier alpha value is -7.71. The molecule has 0 radical (unpaired) electrons. The molecule has 8 heteroatoms. The number of hydrogen-bond acceptors (Lipinski definition) is 4. The highest BCUT2D eigenvalue weighted by molar-refractivity contribution is 6.10. The highest BCUT2D eigenvalue weighted by Crippen LogP contribution is 2.41. The zero-order valence-corrected chi connectivity index (χ0v) is 32.3. The average molecular weight is 786 g/mol. The quantitative estimate of drug-likeness (QED) is 0.161. The third-order valence-corrected chi connectivity index (χ3v) is 10.7. The lowest BCUT2D eigenvalue weighted by molar-refractivity contribution is -0.137. The third-order valence-electron chi connectivity index (χ3n) is 10.7. The number of hydrogen-bond donors (Lipinski definition) is 0. The van der Waals surface area contributed by atoms with Gasteiger partial charge in [0.1, 0.15) is 0 Å². The average Bonchev–Trinajstić information content (AvgIpc) is 3.62. The van der Waals surface area contributed by atoms with Crippen molar-refractivity contribution in [2.24, 2.45) is 0 Å². The molecule has 0 unspecified atom stereocenters. The van der Waals surface area contributed by atoms with Crippen LogP contribution in [0.3, 0.4) is 0 Å². The summed E-state index contributed by atoms with van der Waals surface area (Å²) in [7, 11) is 0. The first-order valence-corrected chi connectivity index (χ1v) is 19.5. The first kappa shape index (κ1) is 36.6. The number of benzene rings is 7. The summed E-state index contributed by atoms with van der Waals surface area (Å²) < 4.78 is 44.7. The van der Waals surface area contributed by atoms with Crippen LogP contribution in [0.25, 0.3) is 95.3 Å². The van der Waals surface area contributed by atoms with Gasteiger partial charge in [0.15, 0.2) is 11.6 Å². The van der Waals surface area contributed by atoms with E-state index >= 15 is 0 Å². The van der Waals surface area contributed by atoms with Crippen LogP contribution in [0.15, 0.2) is 188 Å². The van der Waals surface area contributed by atoms with E-state index in [-0.39, 0.29) is 0 Å². The number of alkyl halides is 3. The molecule has 0 saturated carbocycles. The molecule has 0 aliphatic rings. The Kier molecular flexibility index (Phi) is 9.10. The van der Waals surface area contributed by atoms with E-state index in [0.29, 0.717) is 33.9 Å². The fraction of sp³-hybridized carbons (Fsp3) is 0.0385. The highest BCUT2D eigenvalue weighted by Gasteiger charge is 2.31. The lowest BCUT2D eigenvalue weighted by Gasteiger charge is -2.17. The standard InChI is InChI=1S/C52H34F3N5/c1-33-22-25-47-40(28-33)41-30-39(52(53,54)55)24-27-48(41)60(47)49-26-23-38(45-31-43(34-14-6-2-7-15-34)56-50(58-45)36-18-10-4-11-19-36)29-42(49)46-32-44(35-16-8-3-9-17-35)57-51(59-46)37-20-12-5-13-21-37/h2-32H,1H3. The topological polar surface area (TPSA) is 56.5 Å². The normalized spacial score (nSPS) is 11.7. The summed E-state index contributed by atoms with van der Waals surface area (Å²) in [6.45, 7) is 1.95. The smallest absolute Gasteiger partial charge is 0.309 e. The Morgan fingerprint density at radius 2 is 0.850 bits per heavy atom. The number of nitrogens with zero attached hydrogens (tertiary/aromatic N) is 5. The summed E-state index contributed by atoms with van der Waals surface area (Å²) >= 11 is 0. The first-order chi connectivity index (χ1) is 29.3. The fourth-order valence-electron chi connectivity index (χ4n) is 7.80. The zero-order chi connectivity index (χ0) is 40.8. The molecule has 7 aromatic carbocycles. The van der Waals surface area contributed by atoms with E-state index in [2.05, 4.69) is 6.07 Å². The van der Waals surface area contributed by atoms with Crippen molar-refractivity contribution in [1.29, 1.82) is 0 Å². The lowest BCUT2D eigenvalue weighted by atomic mass is 9.99. The molecule has 0 amide bonds. The second-order valence-electron chi connectivity index (χ2n) is 14.7. The van der Waals surface area contributed by atoms with Gasteiger partial charge in [-0.05, 0) is 61.5 Å². The SMILES string of the molecule is Cc1ccc2c(c1)c1cc(C(F)(F)F)ccc1n2-c1ccc(-c2cc(-c3ccccc3)nc(-c3ccccc3)n2)cc1-c1cc(-c2ccccc2)nc(-c2ccccc2)n1. The molecule has 0 atom stereocenters. The summed E-state index contributed by atoms with van der Waals surface area (Å²) in [5.74, 6) is 1.12. The van der Waals surface area contributed by atoms with Crippen LogP contribution in [0.5, 0.6) is 0 Å². The molecule has 10 aromatic rings. The molecule has 0 spiro atoms. The summed E-state index contributed by atoms with van der Waals surface area (Å²) in [6.07, 6.45) is -4.50. The molecule has 0 fully saturated rings. The van der Waals surface area contributed by atoms with Crippen molar-refractivity contribution in [3.05, 3.63) is 199 Å². The number of aryl methyl sites for hydroxylation is 1. The summed E-state index contributed by atoms with van der Waals surface area (Å²) in [6, 6.07) is 59.6. The van der Waals surface area contributed by atoms with E-state index in [1.54, 1.807) is 6.07 Å². The highest BCUT2D eigenvalue weighted by atomic mass is 19.4. The predicted molar refractivity (Wildman–Crippen MR) is 234 cm³/mol. The van der Waals surface area contributed by atoms with Crippen LogP contribution in [0.1, 0.15) is 11.1 Å². The maximum atomic E-state index is 14.2. The molecule has 0 bridgehead atoms. The number of fused-ring (bicyclic) bond motifs is 3. The van der Waals surface area contributed by atoms with Gasteiger partial charge in [-0.2, -0.15) is 13.2 Å². The third kappa shape index (κ3) is 6.88. The van der Waals surface area contributed by atoms with Gasteiger partial charge in [-0.15, -0.1) is 0 Å². The molecular weight excluding hydrogens is 752 g/mol. The predicted octanol–water partition coefficient (Wildman–Crippen LogP) is 13.7. The van der Waals surface area contributed by atoms with Gasteiger partial charge >= 0.3 is 6.18 Å². The monoisotopic (exact) mass is 785 g/mol. The van der Waals surface area contributed by atoms with Crippen LogP contribution >= 0.6 is 0 Å². The molecule has 3 heterocycles. The van der Waals surface area contributed by atoms with Gasteiger partial charge in [0, 0.05) is 44.2 Å². The number of halogens is 3. The van der Waals surface area contributed by atoms with Crippen molar-refractivity contribution in [2.75, 3.05) is 0 Å². The Balaban J connectivity index is 1.28. The van der Waals surface area contributed by atoms with Gasteiger partial charge in [-0.1, -0.05) is 139 Å². The maximum absolute atomic E-state index is 14.2. The molecule has 0 N–H and O–H groups in total. The number of aromatic nitrogens is 5. The first-order valence-electron chi connectivity index (χ1n) is 19.5. The maximum Gasteiger partial charge on any atom is 0.416 e. The van der Waals surface area contributed by atoms with Crippen LogP contribution in [0.4, 0.5) is 13.2 Å². The van der Waals surface area contributed by atoms with Crippen LogP contribution in [0.2, 0.25) is 0 Å². The number of rotatable bonds is 7. The Morgan fingerprint density at radius 3 is 1.38 bits per heavy atom. The van der Waals surface area contributed by atoms with E-state index in [1.165, 1.54) is 6.07 Å². The molecule has 0 aliphatic carbocycles. The van der Waals surface area contributed by atoms with E-state index in [1.807, 2.05) is 175 Å². The van der Waals surface area contributed by atoms with Gasteiger partial charge in [-0.25, -0.2) is 19.9 Å². The van der Waals surface area contributed by atoms with E-state index in [0.717, 1.165) is 73.0 Å². The fourth-order valence-corrected chi connectivity index (χ4v) is 7.80. The van der Waals surface area contributed by atoms with E-state index in [9.17, 15) is 13.2 Å². The van der Waals surface area contributed by atoms with Crippen molar-refractivity contribution in [3.8, 4) is 73.5 Å². The molecule has 60 heavy (non-hydrogen) atoms. The minimum Gasteiger partial charge on any atom is -0.309 e. The second kappa shape index (κ2) is 14.9. The summed E-state index contributed by atoms with van der Waals surface area (Å²) in [5.41, 5.74) is 10.3. The molecule has 10 rings (SSSR count). The molecule has 3 aromatic heterocycles. The summed E-state index contributed by atoms with van der Waals surface area (Å²) in [5, 5.41) is 1.23. The summed E-state index contributed by atoms with van der Waals surface area (Å²) in [4.78, 5) is 20.5. The molecular formula is C52H34F3N5. The van der Waals surface area contributed by atoms with E-state index in [4.69, 9.17) is 19.9 Å². The van der Waals surface area contributed by atoms with Crippen LogP contribution in [0, 0.1) is 6.92 Å². The van der Waals surface area contributed by atoms with Crippen molar-refractivity contribution < 1.29 is 13.2 Å². The van der Waals surface area contributed by atoms with Crippen molar-refractivity contribution in [3.63, 3.8) is 0 Å². The lowest BCUT2D eigenvalue weighted by Crippen LogP contribution is -2.04. The van der Waals surface area contributed by atoms with Gasteiger partial charge in [0.05, 0.1) is 45.1 Å². The minimum atomic E-state index is -4.50. The Morgan fingerprint density at radius 1 is 0.400 bits per heavy atom. The molecule has 288 valence electrons. The van der Waals surface area contributed by atoms with Crippen molar-refractivity contribution in [1.82, 2.24) is 24.5 Å². The molecule has 0 saturated heterocycles. The Labute approximate surface area is 344 Å². The molecule has 0 aliphatic heterocycles. The van der Waals surface area contributed by atoms with Crippen molar-refractivity contribution in [2.45, 2.75) is 13.1 Å². The van der Waals surface area contributed by atoms with Crippen LogP contribution < -0.4 is 0 Å². The van der Waals surface area contributed by atoms with Gasteiger partial charge < -0.3 is 4.57 Å². The Bertz CT molecular complexity index is 3070. The van der Waals surface area contributed by atoms with Crippen LogP contribution in [-0.2, 0) is 6.18 Å². The zero-order valence-electron chi connectivity index (χ0n) is 32.3. The van der Waals surface area contributed by atoms with Gasteiger partial charge in [-0.3, -0.25) is 0 Å². The minimum absolute atomic E-state index is 0.506. The molecule has 5 nitrogen and oxygen atoms in total. The largest absolute Gasteiger partial charge is 0.416 e. The van der Waals surface area contributed by atoms with Gasteiger partial charge in [0.25, 0.3) is 0 Å².